The number of hydrogen-bond donors (Lipinski definition) is 0. The number of rotatable bonds is 4. The standard InChI is InChI=1S/C24H25FN2O3/c1-16(28)27(23-4-2-3-17-14-29-15-22(17)23)20-7-9-26(10-8-20)13-21-12-18-11-19(25)5-6-24(18)30-21/h2-6,11,14-15,20-21H,7-10,12-13H2,1H3. The number of fused-ring (bicyclic) bond motifs is 2. The third-order valence-corrected chi connectivity index (χ3v) is 6.24. The van der Waals surface area contributed by atoms with E-state index in [1.807, 2.05) is 23.1 Å². The van der Waals surface area contributed by atoms with Crippen molar-refractivity contribution >= 4 is 22.4 Å². The number of benzene rings is 2. The molecule has 1 aromatic heterocycles. The summed E-state index contributed by atoms with van der Waals surface area (Å²) in [6.45, 7) is 4.26. The van der Waals surface area contributed by atoms with Crippen LogP contribution in [0.4, 0.5) is 10.1 Å². The third-order valence-electron chi connectivity index (χ3n) is 6.24. The second-order valence-electron chi connectivity index (χ2n) is 8.27. The lowest BCUT2D eigenvalue weighted by molar-refractivity contribution is -0.117. The number of furan rings is 1. The molecular formula is C24H25FN2O3. The van der Waals surface area contributed by atoms with Crippen LogP contribution >= 0.6 is 0 Å². The van der Waals surface area contributed by atoms with Gasteiger partial charge in [0.05, 0.1) is 12.0 Å². The average molecular weight is 408 g/mol. The first kappa shape index (κ1) is 19.1. The predicted molar refractivity (Wildman–Crippen MR) is 113 cm³/mol. The number of carbonyl (C=O) groups excluding carboxylic acids is 1. The molecule has 0 aliphatic carbocycles. The Balaban J connectivity index is 1.24. The van der Waals surface area contributed by atoms with Crippen LogP contribution < -0.4 is 9.64 Å². The molecule has 2 aliphatic heterocycles. The third kappa shape index (κ3) is 3.56. The van der Waals surface area contributed by atoms with Gasteiger partial charge in [0, 0.05) is 55.4 Å². The van der Waals surface area contributed by atoms with Gasteiger partial charge in [0.1, 0.15) is 23.9 Å². The zero-order valence-electron chi connectivity index (χ0n) is 17.0. The van der Waals surface area contributed by atoms with Gasteiger partial charge in [-0.05, 0) is 37.1 Å². The van der Waals surface area contributed by atoms with E-state index in [2.05, 4.69) is 4.90 Å². The number of carbonyl (C=O) groups is 1. The lowest BCUT2D eigenvalue weighted by Crippen LogP contribution is -2.48. The maximum Gasteiger partial charge on any atom is 0.224 e. The topological polar surface area (TPSA) is 45.9 Å². The largest absolute Gasteiger partial charge is 0.488 e. The summed E-state index contributed by atoms with van der Waals surface area (Å²) in [7, 11) is 0. The van der Waals surface area contributed by atoms with E-state index in [1.54, 1.807) is 31.6 Å². The van der Waals surface area contributed by atoms with Crippen LogP contribution in [0.25, 0.3) is 10.8 Å². The van der Waals surface area contributed by atoms with Crippen molar-refractivity contribution in [2.45, 2.75) is 38.3 Å². The van der Waals surface area contributed by atoms with Gasteiger partial charge in [0.25, 0.3) is 0 Å². The van der Waals surface area contributed by atoms with E-state index in [1.165, 1.54) is 6.07 Å². The smallest absolute Gasteiger partial charge is 0.224 e. The second kappa shape index (κ2) is 7.76. The summed E-state index contributed by atoms with van der Waals surface area (Å²) in [6, 6.07) is 10.9. The van der Waals surface area contributed by atoms with Gasteiger partial charge in [0.15, 0.2) is 0 Å². The van der Waals surface area contributed by atoms with Crippen molar-refractivity contribution < 1.29 is 18.3 Å². The molecule has 1 atom stereocenters. The molecule has 1 unspecified atom stereocenters. The molecule has 30 heavy (non-hydrogen) atoms. The molecule has 0 saturated carbocycles. The maximum absolute atomic E-state index is 13.4. The van der Waals surface area contributed by atoms with Gasteiger partial charge in [0.2, 0.25) is 5.91 Å². The molecule has 6 heteroatoms. The fourth-order valence-corrected chi connectivity index (χ4v) is 4.85. The summed E-state index contributed by atoms with van der Waals surface area (Å²) in [5.41, 5.74) is 1.87. The molecule has 0 radical (unpaired) electrons. The number of ether oxygens (including phenoxy) is 1. The van der Waals surface area contributed by atoms with Crippen molar-refractivity contribution in [3.05, 3.63) is 60.3 Å². The fraction of sp³-hybridized carbons (Fsp3) is 0.375. The van der Waals surface area contributed by atoms with Crippen molar-refractivity contribution in [2.24, 2.45) is 0 Å². The number of amides is 1. The van der Waals surface area contributed by atoms with Crippen molar-refractivity contribution in [1.29, 1.82) is 0 Å². The highest BCUT2D eigenvalue weighted by molar-refractivity contribution is 6.02. The molecule has 2 aromatic carbocycles. The molecule has 5 rings (SSSR count). The number of likely N-dealkylation sites (tertiary alicyclic amines) is 1. The Morgan fingerprint density at radius 1 is 1.20 bits per heavy atom. The van der Waals surface area contributed by atoms with Gasteiger partial charge in [-0.3, -0.25) is 9.69 Å². The van der Waals surface area contributed by atoms with E-state index < -0.39 is 0 Å². The summed E-state index contributed by atoms with van der Waals surface area (Å²) in [4.78, 5) is 16.9. The molecule has 1 amide bonds. The van der Waals surface area contributed by atoms with E-state index in [0.717, 1.165) is 66.7 Å². The molecule has 1 saturated heterocycles. The number of piperidine rings is 1. The van der Waals surface area contributed by atoms with E-state index in [-0.39, 0.29) is 23.9 Å². The minimum Gasteiger partial charge on any atom is -0.488 e. The summed E-state index contributed by atoms with van der Waals surface area (Å²) in [6.07, 6.45) is 6.04. The van der Waals surface area contributed by atoms with Crippen LogP contribution in [0.15, 0.2) is 53.3 Å². The van der Waals surface area contributed by atoms with Crippen LogP contribution in [0.5, 0.6) is 5.75 Å². The quantitative estimate of drug-likeness (QED) is 0.642. The van der Waals surface area contributed by atoms with Crippen LogP contribution in [-0.4, -0.2) is 42.6 Å². The molecule has 156 valence electrons. The Kier molecular flexibility index (Phi) is 4.95. The highest BCUT2D eigenvalue weighted by Crippen LogP contribution is 2.33. The Hall–Kier alpha value is -2.86. The SMILES string of the molecule is CC(=O)N(c1cccc2cocc12)C1CCN(CC2Cc3cc(F)ccc3O2)CC1. The van der Waals surface area contributed by atoms with E-state index in [0.29, 0.717) is 0 Å². The number of nitrogens with zero attached hydrogens (tertiary/aromatic N) is 2. The molecule has 5 nitrogen and oxygen atoms in total. The Labute approximate surface area is 175 Å². The Morgan fingerprint density at radius 2 is 2.03 bits per heavy atom. The molecule has 1 fully saturated rings. The van der Waals surface area contributed by atoms with E-state index in [9.17, 15) is 9.18 Å². The van der Waals surface area contributed by atoms with Crippen molar-refractivity contribution in [3.8, 4) is 5.75 Å². The summed E-state index contributed by atoms with van der Waals surface area (Å²) >= 11 is 0. The molecule has 0 N–H and O–H groups in total. The summed E-state index contributed by atoms with van der Waals surface area (Å²) < 4.78 is 24.8. The zero-order valence-corrected chi connectivity index (χ0v) is 17.0. The molecular weight excluding hydrogens is 383 g/mol. The summed E-state index contributed by atoms with van der Waals surface area (Å²) in [5.74, 6) is 0.641. The second-order valence-corrected chi connectivity index (χ2v) is 8.27. The minimum absolute atomic E-state index is 0.0544. The van der Waals surface area contributed by atoms with Crippen LogP contribution in [0.3, 0.4) is 0 Å². The molecule has 2 aliphatic rings. The van der Waals surface area contributed by atoms with Gasteiger partial charge in [-0.2, -0.15) is 0 Å². The number of hydrogen-bond acceptors (Lipinski definition) is 4. The molecule has 3 heterocycles. The molecule has 3 aromatic rings. The highest BCUT2D eigenvalue weighted by atomic mass is 19.1. The lowest BCUT2D eigenvalue weighted by Gasteiger charge is -2.39. The van der Waals surface area contributed by atoms with Gasteiger partial charge in [-0.25, -0.2) is 4.39 Å². The van der Waals surface area contributed by atoms with Crippen LogP contribution in [0.2, 0.25) is 0 Å². The first-order chi connectivity index (χ1) is 14.6. The summed E-state index contributed by atoms with van der Waals surface area (Å²) in [5, 5.41) is 1.98. The van der Waals surface area contributed by atoms with Crippen molar-refractivity contribution in [3.63, 3.8) is 0 Å². The highest BCUT2D eigenvalue weighted by Gasteiger charge is 2.31. The average Bonchev–Trinajstić information content (AvgIpc) is 3.35. The van der Waals surface area contributed by atoms with Gasteiger partial charge in [-0.15, -0.1) is 0 Å². The van der Waals surface area contributed by atoms with E-state index in [4.69, 9.17) is 9.15 Å². The van der Waals surface area contributed by atoms with Gasteiger partial charge in [-0.1, -0.05) is 12.1 Å². The molecule has 0 spiro atoms. The van der Waals surface area contributed by atoms with Crippen LogP contribution in [-0.2, 0) is 11.2 Å². The minimum atomic E-state index is -0.212. The predicted octanol–water partition coefficient (Wildman–Crippen LogP) is 4.39. The Morgan fingerprint density at radius 3 is 2.83 bits per heavy atom. The Bertz CT molecular complexity index is 1070. The molecule has 0 bridgehead atoms. The van der Waals surface area contributed by atoms with Gasteiger partial charge >= 0.3 is 0 Å². The van der Waals surface area contributed by atoms with E-state index >= 15 is 0 Å². The lowest BCUT2D eigenvalue weighted by atomic mass is 10.0. The fourth-order valence-electron chi connectivity index (χ4n) is 4.85. The van der Waals surface area contributed by atoms with Crippen molar-refractivity contribution in [1.82, 2.24) is 4.90 Å². The zero-order chi connectivity index (χ0) is 20.7. The number of anilines is 1. The van der Waals surface area contributed by atoms with Gasteiger partial charge < -0.3 is 14.1 Å². The van der Waals surface area contributed by atoms with Crippen LogP contribution in [0.1, 0.15) is 25.3 Å². The first-order valence-corrected chi connectivity index (χ1v) is 10.5. The first-order valence-electron chi connectivity index (χ1n) is 10.5. The normalized spacial score (nSPS) is 19.6. The maximum atomic E-state index is 13.4. The van der Waals surface area contributed by atoms with Crippen molar-refractivity contribution in [2.75, 3.05) is 24.5 Å². The number of halogens is 1. The monoisotopic (exact) mass is 408 g/mol. The van der Waals surface area contributed by atoms with Crippen LogP contribution in [0, 0.1) is 5.82 Å².